The third kappa shape index (κ3) is 6.13. The number of ether oxygens (including phenoxy) is 1. The highest BCUT2D eigenvalue weighted by Gasteiger charge is 2.36. The summed E-state index contributed by atoms with van der Waals surface area (Å²) in [5.41, 5.74) is -3.87. The molecule has 7 nitrogen and oxygen atoms in total. The zero-order valence-corrected chi connectivity index (χ0v) is 17.2. The summed E-state index contributed by atoms with van der Waals surface area (Å²) < 4.78 is 84.6. The van der Waals surface area contributed by atoms with Crippen LogP contribution < -0.4 is 15.4 Å². The smallest absolute Gasteiger partial charge is 0.420 e. The SMILES string of the molecule is O=C(NC(=O)c1ccccc1C(F)(F)F)Nc1ccc(Oc2ncc(Cl)cn2)c(C(F)(F)F)c1. The molecule has 178 valence electrons. The van der Waals surface area contributed by atoms with Gasteiger partial charge in [-0.15, -0.1) is 0 Å². The van der Waals surface area contributed by atoms with Crippen molar-refractivity contribution >= 4 is 29.2 Å². The highest BCUT2D eigenvalue weighted by atomic mass is 35.5. The molecule has 0 saturated carbocycles. The first kappa shape index (κ1) is 24.8. The van der Waals surface area contributed by atoms with E-state index in [4.69, 9.17) is 16.3 Å². The van der Waals surface area contributed by atoms with Crippen LogP contribution in [0.4, 0.5) is 36.8 Å². The number of halogens is 7. The van der Waals surface area contributed by atoms with Crippen LogP contribution in [-0.4, -0.2) is 21.9 Å². The van der Waals surface area contributed by atoms with E-state index in [1.54, 1.807) is 5.32 Å². The van der Waals surface area contributed by atoms with E-state index >= 15 is 0 Å². The fourth-order valence-corrected chi connectivity index (χ4v) is 2.73. The molecule has 1 heterocycles. The lowest BCUT2D eigenvalue weighted by atomic mass is 10.1. The van der Waals surface area contributed by atoms with Crippen LogP contribution in [0.1, 0.15) is 21.5 Å². The van der Waals surface area contributed by atoms with Crippen LogP contribution in [0.3, 0.4) is 0 Å². The maximum atomic E-state index is 13.5. The van der Waals surface area contributed by atoms with Gasteiger partial charge in [0, 0.05) is 5.69 Å². The number of rotatable bonds is 4. The number of carbonyl (C=O) groups is 2. The van der Waals surface area contributed by atoms with E-state index in [9.17, 15) is 35.9 Å². The van der Waals surface area contributed by atoms with Crippen LogP contribution in [0.5, 0.6) is 11.8 Å². The number of aromatic nitrogens is 2. The third-order valence-corrected chi connectivity index (χ3v) is 4.24. The minimum Gasteiger partial charge on any atom is -0.424 e. The van der Waals surface area contributed by atoms with Crippen molar-refractivity contribution in [3.05, 3.63) is 76.6 Å². The molecule has 34 heavy (non-hydrogen) atoms. The number of urea groups is 1. The number of carbonyl (C=O) groups excluding carboxylic acids is 2. The van der Waals surface area contributed by atoms with Gasteiger partial charge >= 0.3 is 24.4 Å². The summed E-state index contributed by atoms with van der Waals surface area (Å²) in [5.74, 6) is -2.10. The van der Waals surface area contributed by atoms with Crippen LogP contribution in [0, 0.1) is 0 Å². The topological polar surface area (TPSA) is 93.2 Å². The molecule has 0 radical (unpaired) electrons. The van der Waals surface area contributed by atoms with E-state index in [1.165, 1.54) is 0 Å². The van der Waals surface area contributed by atoms with Crippen LogP contribution in [0.2, 0.25) is 5.02 Å². The van der Waals surface area contributed by atoms with Crippen molar-refractivity contribution in [3.63, 3.8) is 0 Å². The molecule has 0 bridgehead atoms. The zero-order chi connectivity index (χ0) is 25.1. The number of nitrogens with zero attached hydrogens (tertiary/aromatic N) is 2. The molecule has 3 amide bonds. The average Bonchev–Trinajstić information content (AvgIpc) is 2.75. The summed E-state index contributed by atoms with van der Waals surface area (Å²) in [6.45, 7) is 0. The normalized spacial score (nSPS) is 11.6. The number of anilines is 1. The molecule has 0 atom stereocenters. The molecule has 1 aromatic heterocycles. The van der Waals surface area contributed by atoms with Gasteiger partial charge in [0.2, 0.25) is 0 Å². The number of benzene rings is 2. The Morgan fingerprint density at radius 2 is 1.50 bits per heavy atom. The standard InChI is InChI=1S/C20H11ClF6N4O3/c21-10-8-28-18(29-9-10)34-15-6-5-11(7-14(15)20(25,26)27)30-17(33)31-16(32)12-3-1-2-4-13(12)19(22,23)24/h1-9H,(H2,30,31,32,33). The van der Waals surface area contributed by atoms with Crippen molar-refractivity contribution < 1.29 is 40.7 Å². The minimum atomic E-state index is -4.93. The Balaban J connectivity index is 1.78. The van der Waals surface area contributed by atoms with Crippen molar-refractivity contribution in [2.24, 2.45) is 0 Å². The summed E-state index contributed by atoms with van der Waals surface area (Å²) >= 11 is 5.61. The maximum Gasteiger partial charge on any atom is 0.420 e. The van der Waals surface area contributed by atoms with Gasteiger partial charge in [0.25, 0.3) is 5.91 Å². The Morgan fingerprint density at radius 3 is 2.12 bits per heavy atom. The summed E-state index contributed by atoms with van der Waals surface area (Å²) in [7, 11) is 0. The Kier molecular flexibility index (Phi) is 6.96. The quantitative estimate of drug-likeness (QED) is 0.430. The largest absolute Gasteiger partial charge is 0.424 e. The third-order valence-electron chi connectivity index (χ3n) is 4.04. The molecule has 3 aromatic rings. The van der Waals surface area contributed by atoms with Gasteiger partial charge in [-0.05, 0) is 30.3 Å². The second-order valence-electron chi connectivity index (χ2n) is 6.45. The molecule has 0 spiro atoms. The molecule has 0 aliphatic heterocycles. The monoisotopic (exact) mass is 504 g/mol. The predicted octanol–water partition coefficient (Wildman–Crippen LogP) is 5.92. The van der Waals surface area contributed by atoms with Gasteiger partial charge in [0.15, 0.2) is 0 Å². The predicted molar refractivity (Wildman–Crippen MR) is 106 cm³/mol. The van der Waals surface area contributed by atoms with Crippen LogP contribution in [0.15, 0.2) is 54.9 Å². The Morgan fingerprint density at radius 1 is 0.882 bits per heavy atom. The van der Waals surface area contributed by atoms with E-state index in [1.807, 2.05) is 5.32 Å². The molecule has 0 aliphatic rings. The summed E-state index contributed by atoms with van der Waals surface area (Å²) in [5, 5.41) is 3.72. The zero-order valence-electron chi connectivity index (χ0n) is 16.5. The van der Waals surface area contributed by atoms with Crippen molar-refractivity contribution in [3.8, 4) is 11.8 Å². The lowest BCUT2D eigenvalue weighted by Crippen LogP contribution is -2.35. The highest BCUT2D eigenvalue weighted by molar-refractivity contribution is 6.30. The molecular weight excluding hydrogens is 494 g/mol. The molecule has 2 N–H and O–H groups in total. The van der Waals surface area contributed by atoms with Gasteiger partial charge < -0.3 is 10.1 Å². The summed E-state index contributed by atoms with van der Waals surface area (Å²) in [4.78, 5) is 31.4. The molecule has 0 unspecified atom stereocenters. The van der Waals surface area contributed by atoms with Gasteiger partial charge in [-0.2, -0.15) is 26.3 Å². The van der Waals surface area contributed by atoms with Crippen LogP contribution >= 0.6 is 11.6 Å². The first-order valence-corrected chi connectivity index (χ1v) is 9.37. The number of hydrogen-bond acceptors (Lipinski definition) is 5. The Hall–Kier alpha value is -3.87. The lowest BCUT2D eigenvalue weighted by molar-refractivity contribution is -0.139. The Labute approximate surface area is 191 Å². The average molecular weight is 505 g/mol. The lowest BCUT2D eigenvalue weighted by Gasteiger charge is -2.15. The summed E-state index contributed by atoms with van der Waals surface area (Å²) in [6, 6.07) is 4.28. The number of alkyl halides is 6. The van der Waals surface area contributed by atoms with Crippen molar-refractivity contribution in [1.29, 1.82) is 0 Å². The van der Waals surface area contributed by atoms with Gasteiger partial charge in [-0.3, -0.25) is 10.1 Å². The fraction of sp³-hybridized carbons (Fsp3) is 0.100. The number of amides is 3. The molecule has 0 fully saturated rings. The Bertz CT molecular complexity index is 1220. The van der Waals surface area contributed by atoms with Gasteiger partial charge in [0.05, 0.1) is 28.5 Å². The van der Waals surface area contributed by atoms with Crippen LogP contribution in [-0.2, 0) is 12.4 Å². The molecule has 3 rings (SSSR count). The number of imide groups is 1. The molecule has 0 saturated heterocycles. The first-order chi connectivity index (χ1) is 15.8. The van der Waals surface area contributed by atoms with E-state index < -0.39 is 58.4 Å². The molecular formula is C20H11ClF6N4O3. The van der Waals surface area contributed by atoms with E-state index in [0.717, 1.165) is 42.7 Å². The highest BCUT2D eigenvalue weighted by Crippen LogP contribution is 2.39. The van der Waals surface area contributed by atoms with Crippen LogP contribution in [0.25, 0.3) is 0 Å². The second kappa shape index (κ2) is 9.55. The van der Waals surface area contributed by atoms with Crippen molar-refractivity contribution in [1.82, 2.24) is 15.3 Å². The molecule has 2 aromatic carbocycles. The fourth-order valence-electron chi connectivity index (χ4n) is 2.63. The number of nitrogens with one attached hydrogen (secondary N) is 2. The van der Waals surface area contributed by atoms with Gasteiger partial charge in [-0.1, -0.05) is 23.7 Å². The van der Waals surface area contributed by atoms with E-state index in [-0.39, 0.29) is 5.02 Å². The van der Waals surface area contributed by atoms with Crippen molar-refractivity contribution in [2.75, 3.05) is 5.32 Å². The second-order valence-corrected chi connectivity index (χ2v) is 6.88. The first-order valence-electron chi connectivity index (χ1n) is 9.00. The van der Waals surface area contributed by atoms with Crippen molar-refractivity contribution in [2.45, 2.75) is 12.4 Å². The van der Waals surface area contributed by atoms with Gasteiger partial charge in [0.1, 0.15) is 11.3 Å². The minimum absolute atomic E-state index is 0.126. The molecule has 0 aliphatic carbocycles. The van der Waals surface area contributed by atoms with Gasteiger partial charge in [-0.25, -0.2) is 14.8 Å². The van der Waals surface area contributed by atoms with E-state index in [2.05, 4.69) is 9.97 Å². The number of hydrogen-bond donors (Lipinski definition) is 2. The van der Waals surface area contributed by atoms with E-state index in [0.29, 0.717) is 12.1 Å². The summed E-state index contributed by atoms with van der Waals surface area (Å²) in [6.07, 6.45) is -7.59. The molecule has 14 heteroatoms. The maximum absolute atomic E-state index is 13.5.